The number of anilines is 1. The summed E-state index contributed by atoms with van der Waals surface area (Å²) in [5.41, 5.74) is 2.94. The van der Waals surface area contributed by atoms with E-state index in [-0.39, 0.29) is 0 Å². The molecule has 1 aliphatic heterocycles. The zero-order valence-electron chi connectivity index (χ0n) is 13.5. The molecule has 1 saturated heterocycles. The molecule has 24 heavy (non-hydrogen) atoms. The van der Waals surface area contributed by atoms with Crippen LogP contribution in [0.4, 0.5) is 5.69 Å². The topological polar surface area (TPSA) is 57.2 Å². The summed E-state index contributed by atoms with van der Waals surface area (Å²) in [7, 11) is 0. The van der Waals surface area contributed by atoms with Gasteiger partial charge < -0.3 is 15.7 Å². The van der Waals surface area contributed by atoms with Crippen molar-refractivity contribution in [3.8, 4) is 16.9 Å². The molecule has 0 bridgehead atoms. The highest BCUT2D eigenvalue weighted by molar-refractivity contribution is 5.97. The molecule has 122 valence electrons. The first kappa shape index (κ1) is 15.0. The first-order valence-corrected chi connectivity index (χ1v) is 8.45. The maximum absolute atomic E-state index is 10.2. The van der Waals surface area contributed by atoms with Crippen molar-refractivity contribution in [3.05, 3.63) is 54.9 Å². The summed E-state index contributed by atoms with van der Waals surface area (Å²) >= 11 is 0. The van der Waals surface area contributed by atoms with Crippen LogP contribution in [0, 0.1) is 0 Å². The smallest absolute Gasteiger partial charge is 0.123 e. The van der Waals surface area contributed by atoms with Gasteiger partial charge in [0, 0.05) is 47.0 Å². The van der Waals surface area contributed by atoms with Crippen LogP contribution in [0.3, 0.4) is 0 Å². The molecular formula is C20H21N3O. The maximum atomic E-state index is 10.2. The molecular weight excluding hydrogens is 298 g/mol. The molecule has 4 nitrogen and oxygen atoms in total. The first-order valence-electron chi connectivity index (χ1n) is 8.45. The number of para-hydroxylation sites is 1. The summed E-state index contributed by atoms with van der Waals surface area (Å²) in [6, 6.07) is 14.1. The Kier molecular flexibility index (Phi) is 4.05. The highest BCUT2D eigenvalue weighted by Gasteiger charge is 2.15. The lowest BCUT2D eigenvalue weighted by molar-refractivity contribution is 0.477. The van der Waals surface area contributed by atoms with Gasteiger partial charge in [-0.05, 0) is 49.2 Å². The highest BCUT2D eigenvalue weighted by atomic mass is 16.3. The molecule has 4 heteroatoms. The number of piperidine rings is 1. The van der Waals surface area contributed by atoms with Crippen molar-refractivity contribution in [2.75, 3.05) is 18.4 Å². The third-order valence-corrected chi connectivity index (χ3v) is 4.62. The average Bonchev–Trinajstić information content (AvgIpc) is 2.63. The number of hydrogen-bond acceptors (Lipinski definition) is 4. The molecule has 3 aromatic rings. The van der Waals surface area contributed by atoms with E-state index in [0.29, 0.717) is 11.8 Å². The minimum atomic E-state index is 0.297. The SMILES string of the molecule is Oc1ccccc1-c1cc(NC2CCCNC2)c2ccncc2c1. The van der Waals surface area contributed by atoms with Crippen LogP contribution in [0.25, 0.3) is 21.9 Å². The van der Waals surface area contributed by atoms with Crippen molar-refractivity contribution < 1.29 is 5.11 Å². The lowest BCUT2D eigenvalue weighted by Crippen LogP contribution is -2.38. The number of aromatic nitrogens is 1. The predicted octanol–water partition coefficient (Wildman–Crippen LogP) is 3.77. The van der Waals surface area contributed by atoms with E-state index in [0.717, 1.165) is 40.7 Å². The summed E-state index contributed by atoms with van der Waals surface area (Å²) in [6.07, 6.45) is 6.06. The van der Waals surface area contributed by atoms with Gasteiger partial charge >= 0.3 is 0 Å². The molecule has 0 saturated carbocycles. The Bertz CT molecular complexity index is 856. The van der Waals surface area contributed by atoms with E-state index < -0.39 is 0 Å². The minimum Gasteiger partial charge on any atom is -0.507 e. The molecule has 2 aromatic carbocycles. The predicted molar refractivity (Wildman–Crippen MR) is 98.4 cm³/mol. The fourth-order valence-corrected chi connectivity index (χ4v) is 3.40. The summed E-state index contributed by atoms with van der Waals surface area (Å²) in [5, 5.41) is 19.6. The van der Waals surface area contributed by atoms with Crippen LogP contribution >= 0.6 is 0 Å². The number of phenolic OH excluding ortho intramolecular Hbond substituents is 1. The summed E-state index contributed by atoms with van der Waals surface area (Å²) in [4.78, 5) is 4.26. The number of rotatable bonds is 3. The van der Waals surface area contributed by atoms with Crippen LogP contribution in [0.1, 0.15) is 12.8 Å². The van der Waals surface area contributed by atoms with E-state index in [2.05, 4.69) is 27.8 Å². The van der Waals surface area contributed by atoms with Gasteiger partial charge in [-0.3, -0.25) is 4.98 Å². The van der Waals surface area contributed by atoms with Gasteiger partial charge in [0.1, 0.15) is 5.75 Å². The molecule has 1 aromatic heterocycles. The van der Waals surface area contributed by atoms with E-state index in [4.69, 9.17) is 0 Å². The van der Waals surface area contributed by atoms with Gasteiger partial charge in [-0.25, -0.2) is 0 Å². The number of nitrogens with one attached hydrogen (secondary N) is 2. The second-order valence-corrected chi connectivity index (χ2v) is 6.33. The Balaban J connectivity index is 1.80. The molecule has 1 unspecified atom stereocenters. The van der Waals surface area contributed by atoms with Crippen molar-refractivity contribution in [1.82, 2.24) is 10.3 Å². The number of hydrogen-bond donors (Lipinski definition) is 3. The molecule has 2 heterocycles. The summed E-state index contributed by atoms with van der Waals surface area (Å²) in [5.74, 6) is 0.297. The van der Waals surface area contributed by atoms with E-state index in [1.54, 1.807) is 6.07 Å². The van der Waals surface area contributed by atoms with Gasteiger partial charge in [-0.15, -0.1) is 0 Å². The number of fused-ring (bicyclic) bond motifs is 1. The molecule has 4 rings (SSSR count). The van der Waals surface area contributed by atoms with Gasteiger partial charge in [0.25, 0.3) is 0 Å². The number of phenols is 1. The van der Waals surface area contributed by atoms with Gasteiger partial charge in [0.2, 0.25) is 0 Å². The van der Waals surface area contributed by atoms with Crippen LogP contribution < -0.4 is 10.6 Å². The van der Waals surface area contributed by atoms with Crippen LogP contribution in [-0.4, -0.2) is 29.2 Å². The molecule has 0 spiro atoms. The van der Waals surface area contributed by atoms with Crippen molar-refractivity contribution in [2.24, 2.45) is 0 Å². The zero-order valence-corrected chi connectivity index (χ0v) is 13.5. The van der Waals surface area contributed by atoms with Gasteiger partial charge in [-0.2, -0.15) is 0 Å². The molecule has 1 atom stereocenters. The monoisotopic (exact) mass is 319 g/mol. The lowest BCUT2D eigenvalue weighted by Gasteiger charge is -2.26. The molecule has 0 amide bonds. The normalized spacial score (nSPS) is 17.8. The van der Waals surface area contributed by atoms with E-state index in [1.165, 1.54) is 12.8 Å². The third kappa shape index (κ3) is 2.93. The van der Waals surface area contributed by atoms with Crippen LogP contribution in [0.15, 0.2) is 54.9 Å². The van der Waals surface area contributed by atoms with Crippen LogP contribution in [-0.2, 0) is 0 Å². The quantitative estimate of drug-likeness (QED) is 0.688. The summed E-state index contributed by atoms with van der Waals surface area (Å²) in [6.45, 7) is 2.08. The van der Waals surface area contributed by atoms with Gasteiger partial charge in [-0.1, -0.05) is 18.2 Å². The van der Waals surface area contributed by atoms with Crippen LogP contribution in [0.5, 0.6) is 5.75 Å². The average molecular weight is 319 g/mol. The van der Waals surface area contributed by atoms with Crippen molar-refractivity contribution >= 4 is 16.5 Å². The Morgan fingerprint density at radius 2 is 2.08 bits per heavy atom. The Hall–Kier alpha value is -2.59. The molecule has 1 fully saturated rings. The van der Waals surface area contributed by atoms with Crippen LogP contribution in [0.2, 0.25) is 0 Å². The molecule has 0 radical (unpaired) electrons. The molecule has 0 aliphatic carbocycles. The Labute approximate surface area is 141 Å². The number of pyridine rings is 1. The van der Waals surface area contributed by atoms with Crippen molar-refractivity contribution in [3.63, 3.8) is 0 Å². The fraction of sp³-hybridized carbons (Fsp3) is 0.250. The zero-order chi connectivity index (χ0) is 16.4. The van der Waals surface area contributed by atoms with E-state index in [9.17, 15) is 5.11 Å². The number of aromatic hydroxyl groups is 1. The molecule has 3 N–H and O–H groups in total. The van der Waals surface area contributed by atoms with Crippen molar-refractivity contribution in [2.45, 2.75) is 18.9 Å². The summed E-state index contributed by atoms with van der Waals surface area (Å²) < 4.78 is 0. The van der Waals surface area contributed by atoms with Crippen molar-refractivity contribution in [1.29, 1.82) is 0 Å². The second-order valence-electron chi connectivity index (χ2n) is 6.33. The first-order chi connectivity index (χ1) is 11.8. The lowest BCUT2D eigenvalue weighted by atomic mass is 9.99. The Morgan fingerprint density at radius 1 is 1.17 bits per heavy atom. The largest absolute Gasteiger partial charge is 0.507 e. The highest BCUT2D eigenvalue weighted by Crippen LogP contribution is 2.35. The van der Waals surface area contributed by atoms with Gasteiger partial charge in [0.15, 0.2) is 0 Å². The molecule has 1 aliphatic rings. The minimum absolute atomic E-state index is 0.297. The second kappa shape index (κ2) is 6.49. The van der Waals surface area contributed by atoms with E-state index in [1.807, 2.05) is 36.7 Å². The fourth-order valence-electron chi connectivity index (χ4n) is 3.40. The number of benzene rings is 2. The standard InChI is InChI=1S/C20H21N3O/c24-20-6-2-1-5-18(20)14-10-15-12-22-9-7-17(15)19(11-14)23-16-4-3-8-21-13-16/h1-2,5-7,9-12,16,21,23-24H,3-4,8,13H2. The maximum Gasteiger partial charge on any atom is 0.123 e. The van der Waals surface area contributed by atoms with E-state index >= 15 is 0 Å². The van der Waals surface area contributed by atoms with Gasteiger partial charge in [0.05, 0.1) is 0 Å². The third-order valence-electron chi connectivity index (χ3n) is 4.62. The Morgan fingerprint density at radius 3 is 2.92 bits per heavy atom. The number of nitrogens with zero attached hydrogens (tertiary/aromatic N) is 1.